The molecule has 1 aliphatic carbocycles. The highest BCUT2D eigenvalue weighted by molar-refractivity contribution is 5.94. The van der Waals surface area contributed by atoms with Crippen LogP contribution >= 0.6 is 0 Å². The third-order valence-electron chi connectivity index (χ3n) is 3.95. The second kappa shape index (κ2) is 7.52. The summed E-state index contributed by atoms with van der Waals surface area (Å²) in [4.78, 5) is 12.2. The minimum absolute atomic E-state index is 0.156. The standard InChI is InChI=1S/C16H23FN2O2/c1-11(18-14-8-3-4-9-15(14)21-2)16(20)19-13-7-5-6-12(17)10-13/h5-7,10-11,14-15,18H,3-4,8-9H2,1-2H3,(H,19,20)/t11-,14-,15+/m0/s1. The SMILES string of the molecule is CO[C@@H]1CCCC[C@@H]1N[C@@H](C)C(=O)Nc1cccc(F)c1. The number of amides is 1. The predicted molar refractivity (Wildman–Crippen MR) is 80.7 cm³/mol. The maximum absolute atomic E-state index is 13.1. The van der Waals surface area contributed by atoms with Gasteiger partial charge in [-0.1, -0.05) is 18.9 Å². The molecule has 0 unspecified atom stereocenters. The number of hydrogen-bond donors (Lipinski definition) is 2. The van der Waals surface area contributed by atoms with Gasteiger partial charge in [0.15, 0.2) is 0 Å². The summed E-state index contributed by atoms with van der Waals surface area (Å²) in [5.41, 5.74) is 0.473. The third kappa shape index (κ3) is 4.51. The van der Waals surface area contributed by atoms with Gasteiger partial charge in [0.05, 0.1) is 12.1 Å². The second-order valence-electron chi connectivity index (χ2n) is 5.55. The normalized spacial score (nSPS) is 23.6. The molecule has 0 spiro atoms. The van der Waals surface area contributed by atoms with E-state index in [1.54, 1.807) is 19.2 Å². The van der Waals surface area contributed by atoms with Crippen LogP contribution in [0.4, 0.5) is 10.1 Å². The molecule has 0 heterocycles. The maximum Gasteiger partial charge on any atom is 0.241 e. The fourth-order valence-corrected chi connectivity index (χ4v) is 2.78. The van der Waals surface area contributed by atoms with Gasteiger partial charge in [0.1, 0.15) is 5.82 Å². The van der Waals surface area contributed by atoms with Gasteiger partial charge in [0.25, 0.3) is 0 Å². The molecule has 4 nitrogen and oxygen atoms in total. The molecular formula is C16H23FN2O2. The molecule has 1 aliphatic rings. The zero-order valence-corrected chi connectivity index (χ0v) is 12.6. The molecule has 0 aromatic heterocycles. The largest absolute Gasteiger partial charge is 0.380 e. The molecule has 1 amide bonds. The molecule has 1 fully saturated rings. The minimum Gasteiger partial charge on any atom is -0.380 e. The Hall–Kier alpha value is -1.46. The van der Waals surface area contributed by atoms with Crippen LogP contribution in [-0.4, -0.2) is 31.2 Å². The smallest absolute Gasteiger partial charge is 0.241 e. The molecule has 2 N–H and O–H groups in total. The zero-order valence-electron chi connectivity index (χ0n) is 12.6. The van der Waals surface area contributed by atoms with Crippen LogP contribution in [0.3, 0.4) is 0 Å². The lowest BCUT2D eigenvalue weighted by Gasteiger charge is -2.33. The molecule has 0 saturated heterocycles. The van der Waals surface area contributed by atoms with Gasteiger partial charge in [0, 0.05) is 18.8 Å². The van der Waals surface area contributed by atoms with Crippen molar-refractivity contribution in [3.05, 3.63) is 30.1 Å². The number of rotatable bonds is 5. The fourth-order valence-electron chi connectivity index (χ4n) is 2.78. The molecule has 0 bridgehead atoms. The van der Waals surface area contributed by atoms with Crippen LogP contribution in [0, 0.1) is 5.82 Å². The van der Waals surface area contributed by atoms with Gasteiger partial charge in [-0.15, -0.1) is 0 Å². The summed E-state index contributed by atoms with van der Waals surface area (Å²) in [6.45, 7) is 1.82. The predicted octanol–water partition coefficient (Wildman–Crippen LogP) is 2.70. The van der Waals surface area contributed by atoms with Gasteiger partial charge in [-0.2, -0.15) is 0 Å². The summed E-state index contributed by atoms with van der Waals surface area (Å²) in [5.74, 6) is -0.527. The Morgan fingerprint density at radius 2 is 2.14 bits per heavy atom. The minimum atomic E-state index is -0.361. The van der Waals surface area contributed by atoms with E-state index in [4.69, 9.17) is 4.74 Å². The summed E-state index contributed by atoms with van der Waals surface area (Å²) in [5, 5.41) is 6.05. The molecule has 1 saturated carbocycles. The third-order valence-corrected chi connectivity index (χ3v) is 3.95. The van der Waals surface area contributed by atoms with Gasteiger partial charge in [0.2, 0.25) is 5.91 Å². The number of carbonyl (C=O) groups excluding carboxylic acids is 1. The Morgan fingerprint density at radius 1 is 1.38 bits per heavy atom. The molecule has 116 valence electrons. The number of halogens is 1. The van der Waals surface area contributed by atoms with E-state index in [0.717, 1.165) is 19.3 Å². The molecule has 21 heavy (non-hydrogen) atoms. The molecular weight excluding hydrogens is 271 g/mol. The van der Waals surface area contributed by atoms with E-state index in [9.17, 15) is 9.18 Å². The molecule has 2 rings (SSSR count). The van der Waals surface area contributed by atoms with Crippen LogP contribution in [0.2, 0.25) is 0 Å². The van der Waals surface area contributed by atoms with E-state index in [1.165, 1.54) is 18.6 Å². The van der Waals surface area contributed by atoms with E-state index in [2.05, 4.69) is 10.6 Å². The number of methoxy groups -OCH3 is 1. The first-order chi connectivity index (χ1) is 10.1. The molecule has 1 aromatic rings. The van der Waals surface area contributed by atoms with Crippen LogP contribution in [0.1, 0.15) is 32.6 Å². The first kappa shape index (κ1) is 15.9. The van der Waals surface area contributed by atoms with Gasteiger partial charge in [-0.3, -0.25) is 4.79 Å². The van der Waals surface area contributed by atoms with Crippen LogP contribution in [0.25, 0.3) is 0 Å². The second-order valence-corrected chi connectivity index (χ2v) is 5.55. The zero-order chi connectivity index (χ0) is 15.2. The van der Waals surface area contributed by atoms with Gasteiger partial charge in [-0.25, -0.2) is 4.39 Å². The Kier molecular flexibility index (Phi) is 5.70. The van der Waals surface area contributed by atoms with Gasteiger partial charge < -0.3 is 15.4 Å². The summed E-state index contributed by atoms with van der Waals surface area (Å²) >= 11 is 0. The lowest BCUT2D eigenvalue weighted by molar-refractivity contribution is -0.118. The monoisotopic (exact) mass is 294 g/mol. The van der Waals surface area contributed by atoms with Crippen molar-refractivity contribution in [1.82, 2.24) is 5.32 Å². The number of carbonyl (C=O) groups is 1. The summed E-state index contributed by atoms with van der Waals surface area (Å²) in [6.07, 6.45) is 4.50. The first-order valence-electron chi connectivity index (χ1n) is 7.45. The lowest BCUT2D eigenvalue weighted by Crippen LogP contribution is -2.50. The molecule has 5 heteroatoms. The van der Waals surface area contributed by atoms with Crippen LogP contribution in [0.5, 0.6) is 0 Å². The topological polar surface area (TPSA) is 50.4 Å². The van der Waals surface area contributed by atoms with Crippen molar-refractivity contribution in [1.29, 1.82) is 0 Å². The Balaban J connectivity index is 1.90. The van der Waals surface area contributed by atoms with Gasteiger partial charge >= 0.3 is 0 Å². The Labute approximate surface area is 125 Å². The van der Waals surface area contributed by atoms with E-state index >= 15 is 0 Å². The van der Waals surface area contributed by atoms with E-state index in [1.807, 2.05) is 6.92 Å². The van der Waals surface area contributed by atoms with Crippen molar-refractivity contribution in [2.24, 2.45) is 0 Å². The highest BCUT2D eigenvalue weighted by atomic mass is 19.1. The quantitative estimate of drug-likeness (QED) is 0.878. The number of benzene rings is 1. The van der Waals surface area contributed by atoms with Crippen molar-refractivity contribution in [3.8, 4) is 0 Å². The highest BCUT2D eigenvalue weighted by Gasteiger charge is 2.27. The van der Waals surface area contributed by atoms with Crippen molar-refractivity contribution in [2.75, 3.05) is 12.4 Å². The number of hydrogen-bond acceptors (Lipinski definition) is 3. The number of ether oxygens (including phenoxy) is 1. The van der Waals surface area contributed by atoms with E-state index < -0.39 is 0 Å². The summed E-state index contributed by atoms with van der Waals surface area (Å²) < 4.78 is 18.6. The highest BCUT2D eigenvalue weighted by Crippen LogP contribution is 2.21. The van der Waals surface area contributed by atoms with Gasteiger partial charge in [-0.05, 0) is 38.0 Å². The summed E-state index contributed by atoms with van der Waals surface area (Å²) in [6, 6.07) is 5.74. The average molecular weight is 294 g/mol. The Morgan fingerprint density at radius 3 is 2.86 bits per heavy atom. The molecule has 1 aromatic carbocycles. The van der Waals surface area contributed by atoms with Crippen LogP contribution in [-0.2, 0) is 9.53 Å². The van der Waals surface area contributed by atoms with Crippen LogP contribution in [0.15, 0.2) is 24.3 Å². The average Bonchev–Trinajstić information content (AvgIpc) is 2.47. The summed E-state index contributed by atoms with van der Waals surface area (Å²) in [7, 11) is 1.71. The van der Waals surface area contributed by atoms with Crippen molar-refractivity contribution in [2.45, 2.75) is 50.8 Å². The van der Waals surface area contributed by atoms with Crippen molar-refractivity contribution >= 4 is 11.6 Å². The van der Waals surface area contributed by atoms with Crippen molar-refractivity contribution in [3.63, 3.8) is 0 Å². The van der Waals surface area contributed by atoms with Crippen LogP contribution < -0.4 is 10.6 Å². The number of nitrogens with one attached hydrogen (secondary N) is 2. The van der Waals surface area contributed by atoms with E-state index in [-0.39, 0.29) is 29.9 Å². The first-order valence-corrected chi connectivity index (χ1v) is 7.45. The molecule has 0 aliphatic heterocycles. The number of anilines is 1. The maximum atomic E-state index is 13.1. The Bertz CT molecular complexity index is 481. The fraction of sp³-hybridized carbons (Fsp3) is 0.562. The molecule has 3 atom stereocenters. The van der Waals surface area contributed by atoms with E-state index in [0.29, 0.717) is 5.69 Å². The van der Waals surface area contributed by atoms with Crippen molar-refractivity contribution < 1.29 is 13.9 Å². The lowest BCUT2D eigenvalue weighted by atomic mass is 9.92. The molecule has 0 radical (unpaired) electrons.